The van der Waals surface area contributed by atoms with Crippen molar-refractivity contribution in [3.05, 3.63) is 105 Å². The number of benzene rings is 3. The van der Waals surface area contributed by atoms with Gasteiger partial charge in [-0.2, -0.15) is 13.2 Å². The molecule has 186 valence electrons. The number of aryl methyl sites for hydroxylation is 2. The Morgan fingerprint density at radius 1 is 1.03 bits per heavy atom. The number of amides is 1. The van der Waals surface area contributed by atoms with Crippen LogP contribution in [0.3, 0.4) is 0 Å². The average Bonchev–Trinajstić information content (AvgIpc) is 3.25. The Kier molecular flexibility index (Phi) is 7.70. The highest BCUT2D eigenvalue weighted by atomic mass is 35.5. The van der Waals surface area contributed by atoms with Crippen LogP contribution in [0.15, 0.2) is 71.9 Å². The van der Waals surface area contributed by atoms with Crippen molar-refractivity contribution in [1.82, 2.24) is 20.1 Å². The molecular weight excluding hydrogens is 509 g/mol. The van der Waals surface area contributed by atoms with Crippen molar-refractivity contribution < 1.29 is 18.0 Å². The molecule has 0 unspecified atom stereocenters. The Balaban J connectivity index is 1.58. The molecule has 0 atom stereocenters. The monoisotopic (exact) mass is 530 g/mol. The quantitative estimate of drug-likeness (QED) is 0.268. The van der Waals surface area contributed by atoms with Crippen molar-refractivity contribution in [2.75, 3.05) is 0 Å². The highest BCUT2D eigenvalue weighted by molar-refractivity contribution is 7.98. The largest absolute Gasteiger partial charge is 0.416 e. The first-order valence-electron chi connectivity index (χ1n) is 11.0. The van der Waals surface area contributed by atoms with E-state index in [-0.39, 0.29) is 12.1 Å². The number of carbonyl (C=O) groups excluding carboxylic acids is 1. The summed E-state index contributed by atoms with van der Waals surface area (Å²) < 4.78 is 40.3. The van der Waals surface area contributed by atoms with Crippen LogP contribution in [0.5, 0.6) is 0 Å². The van der Waals surface area contributed by atoms with Crippen LogP contribution in [-0.2, 0) is 18.5 Å². The molecule has 0 saturated heterocycles. The first-order chi connectivity index (χ1) is 17.1. The summed E-state index contributed by atoms with van der Waals surface area (Å²) in [6.07, 6.45) is -4.47. The van der Waals surface area contributed by atoms with Gasteiger partial charge in [0, 0.05) is 16.3 Å². The minimum atomic E-state index is -4.47. The van der Waals surface area contributed by atoms with Gasteiger partial charge >= 0.3 is 6.18 Å². The van der Waals surface area contributed by atoms with Gasteiger partial charge in [0.05, 0.1) is 17.8 Å². The van der Waals surface area contributed by atoms with E-state index >= 15 is 0 Å². The maximum absolute atomic E-state index is 12.8. The van der Waals surface area contributed by atoms with Crippen LogP contribution < -0.4 is 5.32 Å². The van der Waals surface area contributed by atoms with Crippen LogP contribution in [-0.4, -0.2) is 20.7 Å². The molecule has 0 fully saturated rings. The number of alkyl halides is 3. The van der Waals surface area contributed by atoms with Gasteiger partial charge in [-0.05, 0) is 61.4 Å². The number of hydrogen-bond donors (Lipinski definition) is 1. The van der Waals surface area contributed by atoms with Crippen molar-refractivity contribution in [2.45, 2.75) is 37.5 Å². The lowest BCUT2D eigenvalue weighted by molar-refractivity contribution is -0.137. The molecule has 0 radical (unpaired) electrons. The fourth-order valence-corrected chi connectivity index (χ4v) is 4.67. The number of carbonyl (C=O) groups is 1. The first-order valence-corrected chi connectivity index (χ1v) is 12.3. The van der Waals surface area contributed by atoms with Gasteiger partial charge in [0.25, 0.3) is 5.91 Å². The van der Waals surface area contributed by atoms with E-state index in [1.807, 2.05) is 42.7 Å². The van der Waals surface area contributed by atoms with E-state index in [4.69, 9.17) is 11.6 Å². The molecule has 1 aromatic heterocycles. The summed E-state index contributed by atoms with van der Waals surface area (Å²) in [4.78, 5) is 12.6. The van der Waals surface area contributed by atoms with E-state index in [2.05, 4.69) is 21.6 Å². The van der Waals surface area contributed by atoms with E-state index in [1.54, 1.807) is 12.1 Å². The molecule has 0 aliphatic heterocycles. The second-order valence-corrected chi connectivity index (χ2v) is 9.58. The van der Waals surface area contributed by atoms with E-state index in [1.165, 1.54) is 11.8 Å². The average molecular weight is 531 g/mol. The predicted octanol–water partition coefficient (Wildman–Crippen LogP) is 6.78. The molecule has 1 heterocycles. The fraction of sp³-hybridized carbons (Fsp3) is 0.192. The van der Waals surface area contributed by atoms with Gasteiger partial charge in [0.2, 0.25) is 0 Å². The molecule has 4 aromatic rings. The summed E-state index contributed by atoms with van der Waals surface area (Å²) in [5.74, 6) is 0.611. The smallest absolute Gasteiger partial charge is 0.345 e. The maximum Gasteiger partial charge on any atom is 0.416 e. The number of nitrogens with zero attached hydrogens (tertiary/aromatic N) is 3. The summed E-state index contributed by atoms with van der Waals surface area (Å²) in [7, 11) is 0. The van der Waals surface area contributed by atoms with Crippen molar-refractivity contribution in [3.8, 4) is 5.69 Å². The van der Waals surface area contributed by atoms with Crippen molar-refractivity contribution in [3.63, 3.8) is 0 Å². The molecule has 0 spiro atoms. The van der Waals surface area contributed by atoms with E-state index < -0.39 is 17.6 Å². The van der Waals surface area contributed by atoms with E-state index in [9.17, 15) is 18.0 Å². The van der Waals surface area contributed by atoms with Crippen LogP contribution in [0.2, 0.25) is 5.02 Å². The Morgan fingerprint density at radius 2 is 1.78 bits per heavy atom. The van der Waals surface area contributed by atoms with Crippen molar-refractivity contribution in [1.29, 1.82) is 0 Å². The second kappa shape index (κ2) is 10.8. The lowest BCUT2D eigenvalue weighted by Gasteiger charge is -2.14. The number of nitrogens with one attached hydrogen (secondary N) is 1. The van der Waals surface area contributed by atoms with Gasteiger partial charge < -0.3 is 5.32 Å². The SMILES string of the molecule is Cc1cccc(CSc2nnc(CNC(=O)c3ccc(C(F)(F)F)cc3)n2-c2cc(Cl)ccc2C)c1. The summed E-state index contributed by atoms with van der Waals surface area (Å²) in [6, 6.07) is 17.7. The van der Waals surface area contributed by atoms with Crippen LogP contribution in [0.25, 0.3) is 5.69 Å². The third kappa shape index (κ3) is 6.09. The molecule has 1 N–H and O–H groups in total. The second-order valence-electron chi connectivity index (χ2n) is 8.20. The zero-order chi connectivity index (χ0) is 25.9. The lowest BCUT2D eigenvalue weighted by Crippen LogP contribution is -2.25. The molecule has 36 heavy (non-hydrogen) atoms. The number of hydrogen-bond acceptors (Lipinski definition) is 4. The number of thioether (sulfide) groups is 1. The Labute approximate surface area is 215 Å². The highest BCUT2D eigenvalue weighted by Gasteiger charge is 2.30. The molecule has 0 bridgehead atoms. The fourth-order valence-electron chi connectivity index (χ4n) is 3.60. The summed E-state index contributed by atoms with van der Waals surface area (Å²) in [5, 5.41) is 12.5. The summed E-state index contributed by atoms with van der Waals surface area (Å²) >= 11 is 7.77. The standard InChI is InChI=1S/C26H22ClF3N4OS/c1-16-4-3-5-18(12-16)15-36-25-33-32-23(34(25)22-13-21(27)11-6-17(22)2)14-31-24(35)19-7-9-20(10-8-19)26(28,29)30/h3-13H,14-15H2,1-2H3,(H,31,35). The first kappa shape index (κ1) is 25.8. The summed E-state index contributed by atoms with van der Waals surface area (Å²) in [6.45, 7) is 3.98. The van der Waals surface area contributed by atoms with Gasteiger partial charge in [0.1, 0.15) is 0 Å². The molecule has 0 aliphatic carbocycles. The number of halogens is 4. The van der Waals surface area contributed by atoms with Crippen LogP contribution in [0.4, 0.5) is 13.2 Å². The zero-order valence-electron chi connectivity index (χ0n) is 19.4. The third-order valence-corrected chi connectivity index (χ3v) is 6.68. The number of aromatic nitrogens is 3. The van der Waals surface area contributed by atoms with Gasteiger partial charge in [-0.15, -0.1) is 10.2 Å². The minimum Gasteiger partial charge on any atom is -0.345 e. The van der Waals surface area contributed by atoms with Gasteiger partial charge in [-0.3, -0.25) is 9.36 Å². The Bertz CT molecular complexity index is 1390. The van der Waals surface area contributed by atoms with E-state index in [0.717, 1.165) is 46.6 Å². The Morgan fingerprint density at radius 3 is 2.47 bits per heavy atom. The lowest BCUT2D eigenvalue weighted by atomic mass is 10.1. The molecule has 4 rings (SSSR count). The summed E-state index contributed by atoms with van der Waals surface area (Å²) in [5.41, 5.74) is 3.30. The Hall–Kier alpha value is -3.30. The maximum atomic E-state index is 12.8. The highest BCUT2D eigenvalue weighted by Crippen LogP contribution is 2.30. The molecule has 3 aromatic carbocycles. The molecule has 1 amide bonds. The van der Waals surface area contributed by atoms with Gasteiger partial charge in [-0.1, -0.05) is 59.3 Å². The van der Waals surface area contributed by atoms with Crippen LogP contribution >= 0.6 is 23.4 Å². The van der Waals surface area contributed by atoms with Crippen molar-refractivity contribution in [2.24, 2.45) is 0 Å². The van der Waals surface area contributed by atoms with Gasteiger partial charge in [0.15, 0.2) is 11.0 Å². The molecule has 5 nitrogen and oxygen atoms in total. The molecule has 0 aliphatic rings. The van der Waals surface area contributed by atoms with Crippen LogP contribution in [0, 0.1) is 13.8 Å². The minimum absolute atomic E-state index is 0.0177. The van der Waals surface area contributed by atoms with Gasteiger partial charge in [-0.25, -0.2) is 0 Å². The topological polar surface area (TPSA) is 59.8 Å². The van der Waals surface area contributed by atoms with Crippen molar-refractivity contribution >= 4 is 29.3 Å². The number of rotatable bonds is 7. The molecule has 10 heteroatoms. The van der Waals surface area contributed by atoms with E-state index in [0.29, 0.717) is 21.8 Å². The zero-order valence-corrected chi connectivity index (χ0v) is 21.0. The van der Waals surface area contributed by atoms with Crippen LogP contribution in [0.1, 0.15) is 38.4 Å². The molecule has 0 saturated carbocycles. The normalized spacial score (nSPS) is 11.5. The predicted molar refractivity (Wildman–Crippen MR) is 134 cm³/mol. The molecular formula is C26H22ClF3N4OS. The third-order valence-electron chi connectivity index (χ3n) is 5.44.